The van der Waals surface area contributed by atoms with E-state index >= 15 is 0 Å². The second-order valence-corrected chi connectivity index (χ2v) is 5.25. The molecule has 2 amide bonds. The van der Waals surface area contributed by atoms with Crippen LogP contribution in [0.1, 0.15) is 0 Å². The van der Waals surface area contributed by atoms with Crippen LogP contribution >= 0.6 is 0 Å². The normalized spacial score (nSPS) is 25.4. The lowest BCUT2D eigenvalue weighted by Gasteiger charge is -2.36. The summed E-state index contributed by atoms with van der Waals surface area (Å²) in [4.78, 5) is 40.0. The number of amides is 2. The minimum absolute atomic E-state index is 0.0197. The Balaban J connectivity index is 1.94. The Labute approximate surface area is 117 Å². The predicted octanol–water partition coefficient (Wildman–Crippen LogP) is -2.35. The van der Waals surface area contributed by atoms with Crippen LogP contribution in [0, 0.1) is 0 Å². The van der Waals surface area contributed by atoms with Crippen molar-refractivity contribution in [1.82, 2.24) is 20.0 Å². The molecule has 2 N–H and O–H groups in total. The van der Waals surface area contributed by atoms with Gasteiger partial charge in [-0.05, 0) is 7.05 Å². The molecule has 2 aliphatic rings. The largest absolute Gasteiger partial charge is 0.480 e. The predicted molar refractivity (Wildman–Crippen MR) is 70.1 cm³/mol. The molecule has 2 heterocycles. The van der Waals surface area contributed by atoms with Crippen LogP contribution in [0.3, 0.4) is 0 Å². The molecule has 0 saturated carbocycles. The van der Waals surface area contributed by atoms with Crippen LogP contribution in [0.4, 0.5) is 0 Å². The summed E-state index contributed by atoms with van der Waals surface area (Å²) in [6.45, 7) is 2.90. The zero-order chi connectivity index (χ0) is 14.7. The third kappa shape index (κ3) is 3.45. The molecule has 0 aromatic rings. The van der Waals surface area contributed by atoms with Crippen LogP contribution in [0.2, 0.25) is 0 Å². The lowest BCUT2D eigenvalue weighted by atomic mass is 10.2. The van der Waals surface area contributed by atoms with Gasteiger partial charge in [-0.3, -0.25) is 19.3 Å². The Morgan fingerprint density at radius 1 is 1.30 bits per heavy atom. The molecular formula is C12H20N4O4. The van der Waals surface area contributed by atoms with Crippen molar-refractivity contribution in [2.45, 2.75) is 6.04 Å². The van der Waals surface area contributed by atoms with Gasteiger partial charge in [0.1, 0.15) is 6.04 Å². The Bertz CT molecular complexity index is 406. The van der Waals surface area contributed by atoms with Crippen molar-refractivity contribution in [2.75, 3.05) is 52.9 Å². The van der Waals surface area contributed by atoms with Crippen LogP contribution in [-0.4, -0.2) is 96.5 Å². The molecule has 2 saturated heterocycles. The SMILES string of the molecule is CN1CCN(C(=O)CN2CC(=O)NCC2C(=O)O)CC1. The molecule has 2 rings (SSSR count). The fraction of sp³-hybridized carbons (Fsp3) is 0.750. The average Bonchev–Trinajstić information content (AvgIpc) is 2.39. The van der Waals surface area contributed by atoms with Gasteiger partial charge in [-0.25, -0.2) is 0 Å². The van der Waals surface area contributed by atoms with Crippen LogP contribution in [0.5, 0.6) is 0 Å². The lowest BCUT2D eigenvalue weighted by molar-refractivity contribution is -0.147. The Morgan fingerprint density at radius 3 is 2.55 bits per heavy atom. The molecule has 0 aliphatic carbocycles. The quantitative estimate of drug-likeness (QED) is 0.602. The number of piperazine rings is 2. The highest BCUT2D eigenvalue weighted by Gasteiger charge is 2.34. The molecule has 20 heavy (non-hydrogen) atoms. The monoisotopic (exact) mass is 284 g/mol. The number of hydrogen-bond donors (Lipinski definition) is 2. The van der Waals surface area contributed by atoms with Crippen molar-refractivity contribution >= 4 is 17.8 Å². The number of carbonyl (C=O) groups is 3. The highest BCUT2D eigenvalue weighted by molar-refractivity contribution is 5.85. The van der Waals surface area contributed by atoms with E-state index in [1.807, 2.05) is 7.05 Å². The van der Waals surface area contributed by atoms with Crippen LogP contribution in [0.25, 0.3) is 0 Å². The number of rotatable bonds is 3. The molecule has 112 valence electrons. The molecule has 1 unspecified atom stereocenters. The van der Waals surface area contributed by atoms with Gasteiger partial charge in [0, 0.05) is 32.7 Å². The van der Waals surface area contributed by atoms with E-state index in [2.05, 4.69) is 10.2 Å². The number of nitrogens with one attached hydrogen (secondary N) is 1. The molecule has 0 spiro atoms. The first-order valence-electron chi connectivity index (χ1n) is 6.67. The number of aliphatic carboxylic acids is 1. The van der Waals surface area contributed by atoms with Gasteiger partial charge in [-0.1, -0.05) is 0 Å². The summed E-state index contributed by atoms with van der Waals surface area (Å²) >= 11 is 0. The van der Waals surface area contributed by atoms with Gasteiger partial charge in [0.25, 0.3) is 0 Å². The standard InChI is InChI=1S/C12H20N4O4/c1-14-2-4-15(5-3-14)11(18)8-16-7-10(17)13-6-9(16)12(19)20/h9H,2-8H2,1H3,(H,13,17)(H,19,20). The van der Waals surface area contributed by atoms with Crippen molar-refractivity contribution in [1.29, 1.82) is 0 Å². The van der Waals surface area contributed by atoms with Gasteiger partial charge in [0.05, 0.1) is 13.1 Å². The maximum absolute atomic E-state index is 12.2. The Hall–Kier alpha value is -1.67. The first kappa shape index (κ1) is 14.7. The summed E-state index contributed by atoms with van der Waals surface area (Å²) in [5.41, 5.74) is 0. The van der Waals surface area contributed by atoms with Gasteiger partial charge >= 0.3 is 5.97 Å². The Kier molecular flexibility index (Phi) is 4.56. The number of carbonyl (C=O) groups excluding carboxylic acids is 2. The molecule has 0 radical (unpaired) electrons. The lowest BCUT2D eigenvalue weighted by Crippen LogP contribution is -2.60. The molecule has 8 nitrogen and oxygen atoms in total. The van der Waals surface area contributed by atoms with E-state index in [1.54, 1.807) is 4.90 Å². The summed E-state index contributed by atoms with van der Waals surface area (Å²) in [6, 6.07) is -0.830. The summed E-state index contributed by atoms with van der Waals surface area (Å²) < 4.78 is 0. The van der Waals surface area contributed by atoms with E-state index in [-0.39, 0.29) is 31.4 Å². The Morgan fingerprint density at radius 2 is 1.95 bits per heavy atom. The maximum Gasteiger partial charge on any atom is 0.322 e. The molecule has 0 aromatic heterocycles. The summed E-state index contributed by atoms with van der Waals surface area (Å²) in [5, 5.41) is 11.6. The molecule has 0 aromatic carbocycles. The number of hydrogen-bond acceptors (Lipinski definition) is 5. The van der Waals surface area contributed by atoms with Gasteiger partial charge in [-0.2, -0.15) is 0 Å². The summed E-state index contributed by atoms with van der Waals surface area (Å²) in [6.07, 6.45) is 0. The minimum Gasteiger partial charge on any atom is -0.480 e. The first-order valence-corrected chi connectivity index (χ1v) is 6.67. The molecular weight excluding hydrogens is 264 g/mol. The third-order valence-electron chi connectivity index (χ3n) is 3.76. The third-order valence-corrected chi connectivity index (χ3v) is 3.76. The molecule has 2 aliphatic heterocycles. The maximum atomic E-state index is 12.2. The van der Waals surface area contributed by atoms with E-state index in [4.69, 9.17) is 5.11 Å². The van der Waals surface area contributed by atoms with Crippen molar-refractivity contribution in [2.24, 2.45) is 0 Å². The van der Waals surface area contributed by atoms with Crippen molar-refractivity contribution in [3.8, 4) is 0 Å². The summed E-state index contributed by atoms with van der Waals surface area (Å²) in [5.74, 6) is -1.37. The van der Waals surface area contributed by atoms with Gasteiger partial charge in [0.15, 0.2) is 0 Å². The zero-order valence-corrected chi connectivity index (χ0v) is 11.5. The van der Waals surface area contributed by atoms with Gasteiger partial charge in [0.2, 0.25) is 11.8 Å². The fourth-order valence-electron chi connectivity index (χ4n) is 2.43. The van der Waals surface area contributed by atoms with E-state index in [9.17, 15) is 14.4 Å². The second kappa shape index (κ2) is 6.19. The topological polar surface area (TPSA) is 93.2 Å². The van der Waals surface area contributed by atoms with Crippen LogP contribution < -0.4 is 5.32 Å². The van der Waals surface area contributed by atoms with E-state index in [0.717, 1.165) is 13.1 Å². The van der Waals surface area contributed by atoms with Gasteiger partial charge in [-0.15, -0.1) is 0 Å². The highest BCUT2D eigenvalue weighted by atomic mass is 16.4. The van der Waals surface area contributed by atoms with Crippen LogP contribution in [0.15, 0.2) is 0 Å². The number of likely N-dealkylation sites (N-methyl/N-ethyl adjacent to an activating group) is 1. The highest BCUT2D eigenvalue weighted by Crippen LogP contribution is 2.07. The number of carboxylic acids is 1. The van der Waals surface area contributed by atoms with Crippen molar-refractivity contribution in [3.05, 3.63) is 0 Å². The van der Waals surface area contributed by atoms with E-state index < -0.39 is 12.0 Å². The van der Waals surface area contributed by atoms with E-state index in [0.29, 0.717) is 13.1 Å². The average molecular weight is 284 g/mol. The molecule has 0 bridgehead atoms. The minimum atomic E-state index is -1.02. The molecule has 2 fully saturated rings. The number of nitrogens with zero attached hydrogens (tertiary/aromatic N) is 3. The summed E-state index contributed by atoms with van der Waals surface area (Å²) in [7, 11) is 2.00. The van der Waals surface area contributed by atoms with Crippen molar-refractivity contribution in [3.63, 3.8) is 0 Å². The smallest absolute Gasteiger partial charge is 0.322 e. The zero-order valence-electron chi connectivity index (χ0n) is 11.5. The number of carboxylic acid groups (broad SMARTS) is 1. The van der Waals surface area contributed by atoms with Crippen LogP contribution in [-0.2, 0) is 14.4 Å². The molecule has 1 atom stereocenters. The van der Waals surface area contributed by atoms with Crippen molar-refractivity contribution < 1.29 is 19.5 Å². The van der Waals surface area contributed by atoms with E-state index in [1.165, 1.54) is 4.90 Å². The second-order valence-electron chi connectivity index (χ2n) is 5.25. The van der Waals surface area contributed by atoms with Gasteiger partial charge < -0.3 is 20.2 Å². The fourth-order valence-corrected chi connectivity index (χ4v) is 2.43. The first-order chi connectivity index (χ1) is 9.47. The molecule has 8 heteroatoms.